The lowest BCUT2D eigenvalue weighted by atomic mass is 9.97. The minimum Gasteiger partial charge on any atom is -0.467 e. The fourth-order valence-corrected chi connectivity index (χ4v) is 2.98. The Balaban J connectivity index is 2.46. The Kier molecular flexibility index (Phi) is 8.34. The first kappa shape index (κ1) is 24.1. The fraction of sp³-hybridized carbons (Fsp3) is 0.500. The Hall–Kier alpha value is -3.18. The van der Waals surface area contributed by atoms with Gasteiger partial charge in [-0.3, -0.25) is 14.4 Å². The van der Waals surface area contributed by atoms with Crippen molar-refractivity contribution in [3.8, 4) is 5.75 Å². The molecular weight excluding hydrogens is 416 g/mol. The van der Waals surface area contributed by atoms with Crippen molar-refractivity contribution in [2.24, 2.45) is 0 Å². The summed E-state index contributed by atoms with van der Waals surface area (Å²) < 4.78 is 31.8. The van der Waals surface area contributed by atoms with Gasteiger partial charge < -0.3 is 33.5 Å². The van der Waals surface area contributed by atoms with Gasteiger partial charge in [-0.2, -0.15) is 0 Å². The van der Waals surface area contributed by atoms with Crippen molar-refractivity contribution in [2.45, 2.75) is 58.1 Å². The molecule has 1 aromatic rings. The van der Waals surface area contributed by atoms with Crippen molar-refractivity contribution in [3.05, 3.63) is 29.8 Å². The second kappa shape index (κ2) is 10.7. The van der Waals surface area contributed by atoms with Gasteiger partial charge in [0.1, 0.15) is 5.75 Å². The van der Waals surface area contributed by atoms with Crippen LogP contribution in [0.4, 0.5) is 0 Å². The van der Waals surface area contributed by atoms with E-state index >= 15 is 0 Å². The number of aliphatic hydroxyl groups is 1. The molecule has 1 fully saturated rings. The van der Waals surface area contributed by atoms with Crippen LogP contribution in [0.1, 0.15) is 26.3 Å². The number of esters is 4. The SMILES string of the molecule is COC(=O)[C@H]1OC(Oc2ccc(CO)cc2)[C@H](OC(C)=O)[C@@H](OC(C)=O)[C@@H]1OC(C)=O. The fourth-order valence-electron chi connectivity index (χ4n) is 2.98. The van der Waals surface area contributed by atoms with Gasteiger partial charge in [-0.05, 0) is 17.7 Å². The van der Waals surface area contributed by atoms with E-state index in [9.17, 15) is 19.2 Å². The van der Waals surface area contributed by atoms with Crippen LogP contribution in [-0.2, 0) is 49.5 Å². The molecule has 1 saturated heterocycles. The van der Waals surface area contributed by atoms with E-state index in [2.05, 4.69) is 0 Å². The van der Waals surface area contributed by atoms with Crippen LogP contribution >= 0.6 is 0 Å². The maximum Gasteiger partial charge on any atom is 0.339 e. The van der Waals surface area contributed by atoms with E-state index in [0.29, 0.717) is 5.56 Å². The summed E-state index contributed by atoms with van der Waals surface area (Å²) in [6.07, 6.45) is -7.24. The number of ether oxygens (including phenoxy) is 6. The lowest BCUT2D eigenvalue weighted by Crippen LogP contribution is -2.64. The van der Waals surface area contributed by atoms with Crippen molar-refractivity contribution in [3.63, 3.8) is 0 Å². The van der Waals surface area contributed by atoms with Crippen LogP contribution in [0.15, 0.2) is 24.3 Å². The number of hydrogen-bond donors (Lipinski definition) is 1. The zero-order valence-corrected chi connectivity index (χ0v) is 17.4. The molecule has 1 aliphatic heterocycles. The number of methoxy groups -OCH3 is 1. The Labute approximate surface area is 178 Å². The third-order valence-corrected chi connectivity index (χ3v) is 4.19. The standard InChI is InChI=1S/C20H24O11/c1-10(22)27-15-16(28-11(2)23)18(29-12(3)24)20(31-17(15)19(25)26-4)30-14-7-5-13(9-21)6-8-14/h5-8,15-18,20-21H,9H2,1-4H3/t15-,16-,17-,18+,20?/m0/s1. The van der Waals surface area contributed by atoms with E-state index in [4.69, 9.17) is 33.5 Å². The van der Waals surface area contributed by atoms with E-state index in [1.807, 2.05) is 0 Å². The Bertz CT molecular complexity index is 804. The van der Waals surface area contributed by atoms with Crippen LogP contribution in [0.2, 0.25) is 0 Å². The third-order valence-electron chi connectivity index (χ3n) is 4.19. The molecule has 1 heterocycles. The Morgan fingerprint density at radius 2 is 1.39 bits per heavy atom. The van der Waals surface area contributed by atoms with E-state index < -0.39 is 54.6 Å². The van der Waals surface area contributed by atoms with Crippen molar-refractivity contribution in [1.29, 1.82) is 0 Å². The van der Waals surface area contributed by atoms with Crippen LogP contribution in [0.25, 0.3) is 0 Å². The molecule has 170 valence electrons. The van der Waals surface area contributed by atoms with Gasteiger partial charge in [-0.15, -0.1) is 0 Å². The number of benzene rings is 1. The van der Waals surface area contributed by atoms with Gasteiger partial charge in [0.25, 0.3) is 0 Å². The first-order valence-electron chi connectivity index (χ1n) is 9.27. The van der Waals surface area contributed by atoms with Gasteiger partial charge in [0, 0.05) is 20.8 Å². The lowest BCUT2D eigenvalue weighted by Gasteiger charge is -2.43. The summed E-state index contributed by atoms with van der Waals surface area (Å²) in [5.41, 5.74) is 0.619. The molecule has 1 unspecified atom stereocenters. The van der Waals surface area contributed by atoms with E-state index in [0.717, 1.165) is 27.9 Å². The maximum atomic E-state index is 12.3. The van der Waals surface area contributed by atoms with E-state index in [1.165, 1.54) is 12.1 Å². The number of hydrogen-bond acceptors (Lipinski definition) is 11. The first-order valence-corrected chi connectivity index (χ1v) is 9.27. The highest BCUT2D eigenvalue weighted by molar-refractivity contribution is 5.77. The molecule has 1 N–H and O–H groups in total. The largest absolute Gasteiger partial charge is 0.467 e. The summed E-state index contributed by atoms with van der Waals surface area (Å²) in [7, 11) is 1.10. The van der Waals surface area contributed by atoms with Crippen molar-refractivity contribution in [2.75, 3.05) is 7.11 Å². The molecule has 11 heteroatoms. The molecule has 0 radical (unpaired) electrons. The van der Waals surface area contributed by atoms with Gasteiger partial charge in [0.05, 0.1) is 13.7 Å². The smallest absolute Gasteiger partial charge is 0.339 e. The quantitative estimate of drug-likeness (QED) is 0.460. The highest BCUT2D eigenvalue weighted by Crippen LogP contribution is 2.31. The normalized spacial score (nSPS) is 25.1. The molecule has 31 heavy (non-hydrogen) atoms. The van der Waals surface area contributed by atoms with Crippen LogP contribution in [0.5, 0.6) is 5.75 Å². The molecule has 0 aromatic heterocycles. The summed E-state index contributed by atoms with van der Waals surface area (Å²) in [4.78, 5) is 47.4. The number of carbonyl (C=O) groups is 4. The van der Waals surface area contributed by atoms with Crippen LogP contribution < -0.4 is 4.74 Å². The van der Waals surface area contributed by atoms with Crippen LogP contribution in [0.3, 0.4) is 0 Å². The van der Waals surface area contributed by atoms with Crippen LogP contribution in [0, 0.1) is 0 Å². The topological polar surface area (TPSA) is 144 Å². The minimum atomic E-state index is -1.54. The van der Waals surface area contributed by atoms with Crippen molar-refractivity contribution < 1.29 is 52.7 Å². The second-order valence-electron chi connectivity index (χ2n) is 6.59. The lowest BCUT2D eigenvalue weighted by molar-refractivity contribution is -0.282. The maximum absolute atomic E-state index is 12.3. The minimum absolute atomic E-state index is 0.181. The average Bonchev–Trinajstić information content (AvgIpc) is 2.71. The average molecular weight is 440 g/mol. The highest BCUT2D eigenvalue weighted by Gasteiger charge is 2.55. The monoisotopic (exact) mass is 440 g/mol. The summed E-state index contributed by atoms with van der Waals surface area (Å²) in [6, 6.07) is 6.21. The predicted octanol–water partition coefficient (Wildman–Crippen LogP) is 0.251. The van der Waals surface area contributed by atoms with Gasteiger partial charge in [0.2, 0.25) is 12.4 Å². The number of carbonyl (C=O) groups excluding carboxylic acids is 4. The van der Waals surface area contributed by atoms with Gasteiger partial charge in [0.15, 0.2) is 18.3 Å². The molecule has 0 spiro atoms. The van der Waals surface area contributed by atoms with Gasteiger partial charge in [-0.25, -0.2) is 4.79 Å². The van der Waals surface area contributed by atoms with E-state index in [-0.39, 0.29) is 12.4 Å². The highest BCUT2D eigenvalue weighted by atomic mass is 16.7. The molecule has 0 aliphatic carbocycles. The Morgan fingerprint density at radius 1 is 0.871 bits per heavy atom. The number of rotatable bonds is 7. The molecule has 1 aliphatic rings. The summed E-state index contributed by atoms with van der Waals surface area (Å²) in [5.74, 6) is -3.01. The second-order valence-corrected chi connectivity index (χ2v) is 6.59. The zero-order valence-electron chi connectivity index (χ0n) is 17.4. The van der Waals surface area contributed by atoms with E-state index in [1.54, 1.807) is 12.1 Å². The molecule has 1 aromatic carbocycles. The first-order chi connectivity index (χ1) is 14.7. The Morgan fingerprint density at radius 3 is 1.87 bits per heavy atom. The molecule has 0 bridgehead atoms. The number of aliphatic hydroxyl groups excluding tert-OH is 1. The third kappa shape index (κ3) is 6.40. The molecule has 0 saturated carbocycles. The molecule has 2 rings (SSSR count). The van der Waals surface area contributed by atoms with Crippen LogP contribution in [-0.4, -0.2) is 66.8 Å². The predicted molar refractivity (Wildman–Crippen MR) is 100 cm³/mol. The van der Waals surface area contributed by atoms with Crippen molar-refractivity contribution in [1.82, 2.24) is 0 Å². The van der Waals surface area contributed by atoms with Gasteiger partial charge in [-0.1, -0.05) is 12.1 Å². The van der Waals surface area contributed by atoms with Gasteiger partial charge >= 0.3 is 23.9 Å². The molecule has 11 nitrogen and oxygen atoms in total. The molecule has 5 atom stereocenters. The summed E-state index contributed by atoms with van der Waals surface area (Å²) >= 11 is 0. The summed E-state index contributed by atoms with van der Waals surface area (Å²) in [6.45, 7) is 3.12. The summed E-state index contributed by atoms with van der Waals surface area (Å²) in [5, 5.41) is 9.17. The molecule has 0 amide bonds. The molecular formula is C20H24O11. The van der Waals surface area contributed by atoms with Crippen molar-refractivity contribution >= 4 is 23.9 Å². The zero-order chi connectivity index (χ0) is 23.1.